The van der Waals surface area contributed by atoms with E-state index < -0.39 is 0 Å². The number of nitrogens with zero attached hydrogens (tertiary/aromatic N) is 4. The first kappa shape index (κ1) is 13.3. The molecule has 2 heterocycles. The van der Waals surface area contributed by atoms with Gasteiger partial charge in [0.05, 0.1) is 24.6 Å². The molecule has 0 atom stereocenters. The van der Waals surface area contributed by atoms with Crippen molar-refractivity contribution in [3.63, 3.8) is 0 Å². The van der Waals surface area contributed by atoms with Gasteiger partial charge in [0.1, 0.15) is 0 Å². The third kappa shape index (κ3) is 3.67. The van der Waals surface area contributed by atoms with E-state index in [2.05, 4.69) is 29.4 Å². The topological polar surface area (TPSA) is 64.7 Å². The van der Waals surface area contributed by atoms with Gasteiger partial charge in [-0.05, 0) is 5.92 Å². The van der Waals surface area contributed by atoms with Gasteiger partial charge in [-0.25, -0.2) is 4.68 Å². The number of aryl methyl sites for hydroxylation is 1. The Morgan fingerprint density at radius 1 is 1.32 bits per heavy atom. The zero-order chi connectivity index (χ0) is 13.8. The lowest BCUT2D eigenvalue weighted by Gasteiger charge is -2.09. The summed E-state index contributed by atoms with van der Waals surface area (Å²) >= 11 is 0. The van der Waals surface area contributed by atoms with E-state index in [1.54, 1.807) is 23.1 Å². The molecule has 1 N–H and O–H groups in total. The Labute approximate surface area is 112 Å². The second-order valence-electron chi connectivity index (χ2n) is 5.04. The number of nitrogens with one attached hydrogen (secondary N) is 1. The number of aromatic nitrogens is 4. The Hall–Kier alpha value is -2.11. The Bertz CT molecular complexity index is 599. The molecule has 0 fully saturated rings. The first-order valence-corrected chi connectivity index (χ1v) is 6.33. The monoisotopic (exact) mass is 261 g/mol. The molecule has 0 aliphatic carbocycles. The molecule has 0 aliphatic heterocycles. The first-order chi connectivity index (χ1) is 9.04. The Morgan fingerprint density at radius 2 is 2.11 bits per heavy atom. The van der Waals surface area contributed by atoms with Gasteiger partial charge in [-0.1, -0.05) is 13.8 Å². The minimum atomic E-state index is -0.113. The number of hydrogen-bond donors (Lipinski definition) is 1. The van der Waals surface area contributed by atoms with E-state index in [-0.39, 0.29) is 5.56 Å². The SMILES string of the molecule is CC(C)CNc1cnn(Cc2cnn(C)c2)c(=O)c1. The molecule has 6 heteroatoms. The van der Waals surface area contributed by atoms with Crippen molar-refractivity contribution >= 4 is 5.69 Å². The van der Waals surface area contributed by atoms with Crippen LogP contribution in [-0.2, 0) is 13.6 Å². The third-order valence-electron chi connectivity index (χ3n) is 2.67. The maximum Gasteiger partial charge on any atom is 0.269 e. The molecule has 0 spiro atoms. The molecule has 0 aliphatic rings. The van der Waals surface area contributed by atoms with Crippen LogP contribution in [0.5, 0.6) is 0 Å². The molecule has 0 bridgehead atoms. The molecular formula is C13H19N5O. The average Bonchev–Trinajstić information content (AvgIpc) is 2.75. The molecule has 0 saturated heterocycles. The molecule has 0 aromatic carbocycles. The molecule has 2 aromatic heterocycles. The highest BCUT2D eigenvalue weighted by molar-refractivity contribution is 5.38. The normalized spacial score (nSPS) is 10.9. The van der Waals surface area contributed by atoms with Crippen molar-refractivity contribution in [2.75, 3.05) is 11.9 Å². The van der Waals surface area contributed by atoms with Gasteiger partial charge in [-0.15, -0.1) is 0 Å². The van der Waals surface area contributed by atoms with Crippen LogP contribution in [0.2, 0.25) is 0 Å². The van der Waals surface area contributed by atoms with E-state index in [1.807, 2.05) is 13.2 Å². The summed E-state index contributed by atoms with van der Waals surface area (Å²) in [6, 6.07) is 1.58. The van der Waals surface area contributed by atoms with Crippen LogP contribution >= 0.6 is 0 Å². The second kappa shape index (κ2) is 5.69. The molecule has 6 nitrogen and oxygen atoms in total. The van der Waals surface area contributed by atoms with E-state index in [0.29, 0.717) is 12.5 Å². The zero-order valence-corrected chi connectivity index (χ0v) is 11.5. The molecule has 0 saturated carbocycles. The van der Waals surface area contributed by atoms with E-state index in [4.69, 9.17) is 0 Å². The molecule has 19 heavy (non-hydrogen) atoms. The molecule has 0 radical (unpaired) electrons. The zero-order valence-electron chi connectivity index (χ0n) is 11.5. The summed E-state index contributed by atoms with van der Waals surface area (Å²) in [5, 5.41) is 11.4. The van der Waals surface area contributed by atoms with Crippen molar-refractivity contribution < 1.29 is 0 Å². The lowest BCUT2D eigenvalue weighted by Crippen LogP contribution is -2.23. The lowest BCUT2D eigenvalue weighted by atomic mass is 10.2. The van der Waals surface area contributed by atoms with Crippen LogP contribution in [0.15, 0.2) is 29.5 Å². The highest BCUT2D eigenvalue weighted by atomic mass is 16.1. The summed E-state index contributed by atoms with van der Waals surface area (Å²) in [5.41, 5.74) is 1.61. The summed E-state index contributed by atoms with van der Waals surface area (Å²) in [4.78, 5) is 11.9. The fraction of sp³-hybridized carbons (Fsp3) is 0.462. The van der Waals surface area contributed by atoms with Crippen molar-refractivity contribution in [1.29, 1.82) is 0 Å². The summed E-state index contributed by atoms with van der Waals surface area (Å²) in [6.07, 6.45) is 5.29. The van der Waals surface area contributed by atoms with Crippen LogP contribution < -0.4 is 10.9 Å². The first-order valence-electron chi connectivity index (χ1n) is 6.33. The molecule has 0 unspecified atom stereocenters. The summed E-state index contributed by atoms with van der Waals surface area (Å²) in [7, 11) is 1.85. The van der Waals surface area contributed by atoms with E-state index in [0.717, 1.165) is 17.8 Å². The lowest BCUT2D eigenvalue weighted by molar-refractivity contribution is 0.636. The van der Waals surface area contributed by atoms with Gasteiger partial charge in [0.2, 0.25) is 0 Å². The van der Waals surface area contributed by atoms with Crippen LogP contribution in [0, 0.1) is 5.92 Å². The van der Waals surface area contributed by atoms with Crippen molar-refractivity contribution in [3.8, 4) is 0 Å². The molecule has 0 amide bonds. The van der Waals surface area contributed by atoms with Crippen molar-refractivity contribution in [3.05, 3.63) is 40.6 Å². The minimum Gasteiger partial charge on any atom is -0.383 e. The van der Waals surface area contributed by atoms with Gasteiger partial charge >= 0.3 is 0 Å². The Balaban J connectivity index is 2.09. The van der Waals surface area contributed by atoms with Crippen LogP contribution in [0.3, 0.4) is 0 Å². The smallest absolute Gasteiger partial charge is 0.269 e. The molecule has 2 rings (SSSR count). The molecule has 2 aromatic rings. The van der Waals surface area contributed by atoms with Crippen LogP contribution in [0.4, 0.5) is 5.69 Å². The highest BCUT2D eigenvalue weighted by Gasteiger charge is 2.03. The van der Waals surface area contributed by atoms with E-state index in [9.17, 15) is 4.79 Å². The van der Waals surface area contributed by atoms with Gasteiger partial charge in [0.15, 0.2) is 0 Å². The number of rotatable bonds is 5. The molecular weight excluding hydrogens is 242 g/mol. The predicted molar refractivity (Wildman–Crippen MR) is 74.1 cm³/mol. The van der Waals surface area contributed by atoms with Gasteiger partial charge in [-0.3, -0.25) is 9.48 Å². The largest absolute Gasteiger partial charge is 0.383 e. The Kier molecular flexibility index (Phi) is 3.99. The van der Waals surface area contributed by atoms with E-state index >= 15 is 0 Å². The fourth-order valence-corrected chi connectivity index (χ4v) is 1.70. The second-order valence-corrected chi connectivity index (χ2v) is 5.04. The minimum absolute atomic E-state index is 0.113. The fourth-order valence-electron chi connectivity index (χ4n) is 1.70. The highest BCUT2D eigenvalue weighted by Crippen LogP contribution is 2.03. The third-order valence-corrected chi connectivity index (χ3v) is 2.67. The number of hydrogen-bond acceptors (Lipinski definition) is 4. The van der Waals surface area contributed by atoms with Crippen molar-refractivity contribution in [1.82, 2.24) is 19.6 Å². The average molecular weight is 261 g/mol. The van der Waals surface area contributed by atoms with Crippen LogP contribution in [0.25, 0.3) is 0 Å². The summed E-state index contributed by atoms with van der Waals surface area (Å²) in [5.74, 6) is 0.526. The Morgan fingerprint density at radius 3 is 2.68 bits per heavy atom. The maximum absolute atomic E-state index is 11.9. The van der Waals surface area contributed by atoms with Gasteiger partial charge < -0.3 is 5.32 Å². The summed E-state index contributed by atoms with van der Waals surface area (Å²) in [6.45, 7) is 5.50. The van der Waals surface area contributed by atoms with Gasteiger partial charge in [0.25, 0.3) is 5.56 Å². The standard InChI is InChI=1S/C13H19N5O/c1-10(2)5-14-12-4-13(19)18(16-7-12)9-11-6-15-17(3)8-11/h4,6-8,10,14H,5,9H2,1-3H3. The van der Waals surface area contributed by atoms with Crippen molar-refractivity contribution in [2.45, 2.75) is 20.4 Å². The van der Waals surface area contributed by atoms with E-state index in [1.165, 1.54) is 4.68 Å². The summed E-state index contributed by atoms with van der Waals surface area (Å²) < 4.78 is 3.14. The maximum atomic E-state index is 11.9. The predicted octanol–water partition coefficient (Wildman–Crippen LogP) is 1.09. The van der Waals surface area contributed by atoms with Crippen molar-refractivity contribution in [2.24, 2.45) is 13.0 Å². The van der Waals surface area contributed by atoms with Gasteiger partial charge in [-0.2, -0.15) is 10.2 Å². The van der Waals surface area contributed by atoms with Gasteiger partial charge in [0, 0.05) is 31.4 Å². The molecule has 102 valence electrons. The van der Waals surface area contributed by atoms with Crippen LogP contribution in [0.1, 0.15) is 19.4 Å². The van der Waals surface area contributed by atoms with Crippen LogP contribution in [-0.4, -0.2) is 26.1 Å². The number of anilines is 1. The quantitative estimate of drug-likeness (QED) is 0.875.